The molecule has 0 fully saturated rings. The number of nitrogens with two attached hydrogens (primary N) is 1. The van der Waals surface area contributed by atoms with E-state index in [4.69, 9.17) is 10.5 Å². The molecule has 0 aromatic rings. The summed E-state index contributed by atoms with van der Waals surface area (Å²) in [6.07, 6.45) is 2.24. The van der Waals surface area contributed by atoms with E-state index in [2.05, 4.69) is 20.8 Å². The molecule has 0 saturated carbocycles. The maximum Gasteiger partial charge on any atom is 0.0772 e. The minimum absolute atomic E-state index is 0.107. The number of hydrogen-bond acceptors (Lipinski definition) is 2. The van der Waals surface area contributed by atoms with Crippen molar-refractivity contribution in [3.05, 3.63) is 0 Å². The highest BCUT2D eigenvalue weighted by Crippen LogP contribution is 2.18. The second kappa shape index (κ2) is 4.73. The summed E-state index contributed by atoms with van der Waals surface area (Å²) >= 11 is 0. The highest BCUT2D eigenvalue weighted by molar-refractivity contribution is 4.75. The topological polar surface area (TPSA) is 35.2 Å². The van der Waals surface area contributed by atoms with Crippen LogP contribution in [0.3, 0.4) is 0 Å². The van der Waals surface area contributed by atoms with E-state index in [1.165, 1.54) is 6.42 Å². The predicted octanol–water partition coefficient (Wildman–Crippen LogP) is 1.79. The van der Waals surface area contributed by atoms with Gasteiger partial charge in [-0.3, -0.25) is 0 Å². The molecule has 0 rings (SSSR count). The van der Waals surface area contributed by atoms with Crippen molar-refractivity contribution < 1.29 is 4.74 Å². The number of hydrogen-bond donors (Lipinski definition) is 1. The van der Waals surface area contributed by atoms with E-state index in [1.807, 2.05) is 0 Å². The molecule has 0 bridgehead atoms. The zero-order valence-corrected chi connectivity index (χ0v) is 8.18. The van der Waals surface area contributed by atoms with Crippen LogP contribution in [0.5, 0.6) is 0 Å². The minimum Gasteiger partial charge on any atom is -0.377 e. The average molecular weight is 159 g/mol. The highest BCUT2D eigenvalue weighted by Gasteiger charge is 2.20. The van der Waals surface area contributed by atoms with Crippen LogP contribution >= 0.6 is 0 Å². The van der Waals surface area contributed by atoms with Crippen molar-refractivity contribution in [2.45, 2.75) is 39.2 Å². The largest absolute Gasteiger partial charge is 0.377 e. The minimum atomic E-state index is -0.107. The van der Waals surface area contributed by atoms with Gasteiger partial charge in [0.1, 0.15) is 0 Å². The lowest BCUT2D eigenvalue weighted by Gasteiger charge is -2.26. The SMILES string of the molecule is COC(C)(CN)CCC(C)C. The molecule has 2 nitrogen and oxygen atoms in total. The van der Waals surface area contributed by atoms with Gasteiger partial charge >= 0.3 is 0 Å². The molecule has 0 aromatic heterocycles. The van der Waals surface area contributed by atoms with Gasteiger partial charge in [-0.25, -0.2) is 0 Å². The fourth-order valence-corrected chi connectivity index (χ4v) is 0.881. The highest BCUT2D eigenvalue weighted by atomic mass is 16.5. The maximum atomic E-state index is 5.58. The average Bonchev–Trinajstić information content (AvgIpc) is 2.00. The van der Waals surface area contributed by atoms with Gasteiger partial charge in [-0.2, -0.15) is 0 Å². The molecule has 0 aliphatic carbocycles. The third-order valence-corrected chi connectivity index (χ3v) is 2.18. The Morgan fingerprint density at radius 3 is 2.27 bits per heavy atom. The molecule has 0 aromatic carbocycles. The molecule has 0 heterocycles. The Labute approximate surface area is 70.1 Å². The third-order valence-electron chi connectivity index (χ3n) is 2.18. The lowest BCUT2D eigenvalue weighted by Crippen LogP contribution is -2.36. The smallest absolute Gasteiger partial charge is 0.0772 e. The fraction of sp³-hybridized carbons (Fsp3) is 1.00. The van der Waals surface area contributed by atoms with Gasteiger partial charge < -0.3 is 10.5 Å². The van der Waals surface area contributed by atoms with Crippen LogP contribution in [-0.4, -0.2) is 19.3 Å². The fourth-order valence-electron chi connectivity index (χ4n) is 0.881. The van der Waals surface area contributed by atoms with Gasteiger partial charge in [-0.1, -0.05) is 13.8 Å². The number of ether oxygens (including phenoxy) is 1. The van der Waals surface area contributed by atoms with Crippen LogP contribution in [0.4, 0.5) is 0 Å². The molecule has 1 atom stereocenters. The first-order chi connectivity index (χ1) is 5.04. The van der Waals surface area contributed by atoms with E-state index in [9.17, 15) is 0 Å². The standard InChI is InChI=1S/C9H21NO/c1-8(2)5-6-9(3,7-10)11-4/h8H,5-7,10H2,1-4H3. The van der Waals surface area contributed by atoms with Crippen molar-refractivity contribution >= 4 is 0 Å². The normalized spacial score (nSPS) is 16.9. The van der Waals surface area contributed by atoms with E-state index < -0.39 is 0 Å². The molecule has 0 aliphatic heterocycles. The Hall–Kier alpha value is -0.0800. The first-order valence-corrected chi connectivity index (χ1v) is 4.29. The maximum absolute atomic E-state index is 5.58. The Morgan fingerprint density at radius 1 is 1.45 bits per heavy atom. The first-order valence-electron chi connectivity index (χ1n) is 4.29. The summed E-state index contributed by atoms with van der Waals surface area (Å²) in [5.74, 6) is 0.732. The lowest BCUT2D eigenvalue weighted by molar-refractivity contribution is 0.00276. The van der Waals surface area contributed by atoms with Gasteiger partial charge in [-0.05, 0) is 25.7 Å². The van der Waals surface area contributed by atoms with Gasteiger partial charge in [0.15, 0.2) is 0 Å². The second-order valence-electron chi connectivity index (χ2n) is 3.79. The Bertz CT molecular complexity index is 97.7. The zero-order chi connectivity index (χ0) is 8.91. The molecule has 2 N–H and O–H groups in total. The van der Waals surface area contributed by atoms with Crippen LogP contribution in [0.2, 0.25) is 0 Å². The second-order valence-corrected chi connectivity index (χ2v) is 3.79. The van der Waals surface area contributed by atoms with Crippen LogP contribution in [0.25, 0.3) is 0 Å². The first kappa shape index (κ1) is 10.9. The quantitative estimate of drug-likeness (QED) is 0.663. The molecule has 11 heavy (non-hydrogen) atoms. The van der Waals surface area contributed by atoms with E-state index in [-0.39, 0.29) is 5.60 Å². The summed E-state index contributed by atoms with van der Waals surface area (Å²) in [6, 6.07) is 0. The molecule has 1 unspecified atom stereocenters. The number of methoxy groups -OCH3 is 1. The van der Waals surface area contributed by atoms with Crippen molar-refractivity contribution in [1.82, 2.24) is 0 Å². The predicted molar refractivity (Wildman–Crippen MR) is 48.5 cm³/mol. The summed E-state index contributed by atoms with van der Waals surface area (Å²) in [4.78, 5) is 0. The van der Waals surface area contributed by atoms with Crippen molar-refractivity contribution in [3.8, 4) is 0 Å². The summed E-state index contributed by atoms with van der Waals surface area (Å²) in [7, 11) is 1.73. The molecule has 0 aliphatic rings. The molecular formula is C9H21NO. The lowest BCUT2D eigenvalue weighted by atomic mass is 9.95. The summed E-state index contributed by atoms with van der Waals surface area (Å²) in [5.41, 5.74) is 5.47. The zero-order valence-electron chi connectivity index (χ0n) is 8.18. The van der Waals surface area contributed by atoms with Crippen LogP contribution in [0, 0.1) is 5.92 Å². The van der Waals surface area contributed by atoms with Crippen molar-refractivity contribution in [2.75, 3.05) is 13.7 Å². The monoisotopic (exact) mass is 159 g/mol. The summed E-state index contributed by atoms with van der Waals surface area (Å²) in [5, 5.41) is 0. The van der Waals surface area contributed by atoms with Gasteiger partial charge in [0.05, 0.1) is 5.60 Å². The van der Waals surface area contributed by atoms with E-state index in [0.717, 1.165) is 12.3 Å². The summed E-state index contributed by atoms with van der Waals surface area (Å²) in [6.45, 7) is 7.10. The van der Waals surface area contributed by atoms with Crippen molar-refractivity contribution in [2.24, 2.45) is 11.7 Å². The molecule has 0 saturated heterocycles. The van der Waals surface area contributed by atoms with Crippen LogP contribution < -0.4 is 5.73 Å². The van der Waals surface area contributed by atoms with Gasteiger partial charge in [-0.15, -0.1) is 0 Å². The molecule has 0 radical (unpaired) electrons. The molecule has 68 valence electrons. The Morgan fingerprint density at radius 2 is 2.00 bits per heavy atom. The Kier molecular flexibility index (Phi) is 4.69. The van der Waals surface area contributed by atoms with Crippen molar-refractivity contribution in [1.29, 1.82) is 0 Å². The number of rotatable bonds is 5. The van der Waals surface area contributed by atoms with Gasteiger partial charge in [0, 0.05) is 13.7 Å². The van der Waals surface area contributed by atoms with Crippen molar-refractivity contribution in [3.63, 3.8) is 0 Å². The molecular weight excluding hydrogens is 138 g/mol. The van der Waals surface area contributed by atoms with Gasteiger partial charge in [0.2, 0.25) is 0 Å². The van der Waals surface area contributed by atoms with E-state index in [0.29, 0.717) is 6.54 Å². The van der Waals surface area contributed by atoms with Crippen LogP contribution in [0.15, 0.2) is 0 Å². The third kappa shape index (κ3) is 4.38. The van der Waals surface area contributed by atoms with Gasteiger partial charge in [0.25, 0.3) is 0 Å². The summed E-state index contributed by atoms with van der Waals surface area (Å²) < 4.78 is 5.31. The van der Waals surface area contributed by atoms with E-state index in [1.54, 1.807) is 7.11 Å². The van der Waals surface area contributed by atoms with E-state index >= 15 is 0 Å². The van der Waals surface area contributed by atoms with Crippen LogP contribution in [-0.2, 0) is 4.74 Å². The van der Waals surface area contributed by atoms with Crippen LogP contribution in [0.1, 0.15) is 33.6 Å². The molecule has 0 spiro atoms. The molecule has 0 amide bonds. The Balaban J connectivity index is 3.69. The molecule has 2 heteroatoms.